The molecule has 3 rings (SSSR count). The Morgan fingerprint density at radius 2 is 1.95 bits per heavy atom. The first-order valence-electron chi connectivity index (χ1n) is 7.62. The van der Waals surface area contributed by atoms with E-state index in [9.17, 15) is 9.59 Å². The van der Waals surface area contributed by atoms with Crippen LogP contribution in [0, 0.1) is 5.41 Å². The molecule has 0 N–H and O–H groups in total. The van der Waals surface area contributed by atoms with Crippen molar-refractivity contribution >= 4 is 23.2 Å². The molecule has 0 bridgehead atoms. The van der Waals surface area contributed by atoms with E-state index in [0.717, 1.165) is 36.4 Å². The lowest BCUT2D eigenvalue weighted by molar-refractivity contribution is -0.142. The summed E-state index contributed by atoms with van der Waals surface area (Å²) in [5.74, 6) is 0.0203. The quantitative estimate of drug-likeness (QED) is 0.788. The van der Waals surface area contributed by atoms with E-state index in [1.165, 1.54) is 4.90 Å². The second-order valence-corrected chi connectivity index (χ2v) is 8.27. The predicted octanol–water partition coefficient (Wildman–Crippen LogP) is 3.26. The number of thiazole rings is 1. The first-order chi connectivity index (χ1) is 9.82. The summed E-state index contributed by atoms with van der Waals surface area (Å²) in [7, 11) is 0. The Morgan fingerprint density at radius 1 is 1.29 bits per heavy atom. The van der Waals surface area contributed by atoms with Crippen LogP contribution < -0.4 is 0 Å². The normalized spacial score (nSPS) is 21.8. The van der Waals surface area contributed by atoms with Crippen molar-refractivity contribution in [2.75, 3.05) is 0 Å². The molecule has 5 heteroatoms. The Morgan fingerprint density at radius 3 is 2.52 bits per heavy atom. The van der Waals surface area contributed by atoms with Crippen molar-refractivity contribution in [2.24, 2.45) is 5.41 Å². The van der Waals surface area contributed by atoms with Crippen LogP contribution in [0.25, 0.3) is 0 Å². The van der Waals surface area contributed by atoms with E-state index in [2.05, 4.69) is 25.8 Å². The summed E-state index contributed by atoms with van der Waals surface area (Å²) in [5.41, 5.74) is 0.652. The summed E-state index contributed by atoms with van der Waals surface area (Å²) in [4.78, 5) is 30.9. The summed E-state index contributed by atoms with van der Waals surface area (Å²) in [6.07, 6.45) is 4.29. The summed E-state index contributed by atoms with van der Waals surface area (Å²) in [5, 5.41) is 2.89. The van der Waals surface area contributed by atoms with Crippen molar-refractivity contribution in [1.29, 1.82) is 0 Å². The van der Waals surface area contributed by atoms with Gasteiger partial charge < -0.3 is 0 Å². The number of aromatic nitrogens is 1. The van der Waals surface area contributed by atoms with E-state index in [0.29, 0.717) is 13.0 Å². The second kappa shape index (κ2) is 4.90. The van der Waals surface area contributed by atoms with Gasteiger partial charge in [0.15, 0.2) is 0 Å². The molecule has 1 saturated carbocycles. The number of amides is 2. The largest absolute Gasteiger partial charge is 0.275 e. The SMILES string of the molecule is CC(C)(C)c1csc(CN2C(=O)CC3(CCCC3)C2=O)n1. The third-order valence-electron chi connectivity index (χ3n) is 4.66. The number of hydrogen-bond acceptors (Lipinski definition) is 4. The van der Waals surface area contributed by atoms with Crippen molar-refractivity contribution in [3.63, 3.8) is 0 Å². The minimum atomic E-state index is -0.374. The van der Waals surface area contributed by atoms with E-state index in [4.69, 9.17) is 0 Å². The van der Waals surface area contributed by atoms with Gasteiger partial charge >= 0.3 is 0 Å². The molecule has 0 aromatic carbocycles. The van der Waals surface area contributed by atoms with Crippen molar-refractivity contribution in [2.45, 2.75) is 64.8 Å². The Kier molecular flexibility index (Phi) is 3.43. The molecule has 2 heterocycles. The van der Waals surface area contributed by atoms with Gasteiger partial charge in [0.1, 0.15) is 5.01 Å². The number of nitrogens with zero attached hydrogens (tertiary/aromatic N) is 2. The molecule has 1 aromatic rings. The number of carbonyl (C=O) groups is 2. The molecule has 1 saturated heterocycles. The maximum atomic E-state index is 12.6. The molecule has 1 spiro atoms. The van der Waals surface area contributed by atoms with Crippen molar-refractivity contribution in [3.05, 3.63) is 16.1 Å². The smallest absolute Gasteiger partial charge is 0.236 e. The third kappa shape index (κ3) is 2.52. The molecule has 2 amide bonds. The molecule has 1 aliphatic carbocycles. The average Bonchev–Trinajstić information content (AvgIpc) is 3.07. The Hall–Kier alpha value is -1.23. The van der Waals surface area contributed by atoms with Crippen LogP contribution in [0.4, 0.5) is 0 Å². The second-order valence-electron chi connectivity index (χ2n) is 7.33. The van der Waals surface area contributed by atoms with Gasteiger partial charge in [-0.2, -0.15) is 0 Å². The van der Waals surface area contributed by atoms with Crippen LogP contribution >= 0.6 is 11.3 Å². The number of likely N-dealkylation sites (tertiary alicyclic amines) is 1. The highest BCUT2D eigenvalue weighted by molar-refractivity contribution is 7.09. The standard InChI is InChI=1S/C16H22N2O2S/c1-15(2,3)11-10-21-12(17-11)9-18-13(19)8-16(14(18)20)6-4-5-7-16/h10H,4-9H2,1-3H3. The highest BCUT2D eigenvalue weighted by atomic mass is 32.1. The molecular weight excluding hydrogens is 284 g/mol. The van der Waals surface area contributed by atoms with Crippen molar-refractivity contribution in [1.82, 2.24) is 9.88 Å². The minimum absolute atomic E-state index is 0.000449. The van der Waals surface area contributed by atoms with Crippen LogP contribution in [0.2, 0.25) is 0 Å². The third-order valence-corrected chi connectivity index (χ3v) is 5.50. The number of carbonyl (C=O) groups excluding carboxylic acids is 2. The number of hydrogen-bond donors (Lipinski definition) is 0. The lowest BCUT2D eigenvalue weighted by Gasteiger charge is -2.20. The van der Waals surface area contributed by atoms with E-state index in [-0.39, 0.29) is 22.6 Å². The monoisotopic (exact) mass is 306 g/mol. The van der Waals surface area contributed by atoms with Gasteiger partial charge in [0.2, 0.25) is 11.8 Å². The highest BCUT2D eigenvalue weighted by Crippen LogP contribution is 2.47. The zero-order chi connectivity index (χ0) is 15.3. The molecule has 2 fully saturated rings. The molecule has 2 aliphatic rings. The fraction of sp³-hybridized carbons (Fsp3) is 0.688. The number of imide groups is 1. The molecule has 4 nitrogen and oxygen atoms in total. The Labute approximate surface area is 129 Å². The first kappa shape index (κ1) is 14.7. The summed E-state index contributed by atoms with van der Waals surface area (Å²) in [6, 6.07) is 0. The zero-order valence-electron chi connectivity index (χ0n) is 12.9. The molecule has 0 atom stereocenters. The molecule has 0 unspecified atom stereocenters. The lowest BCUT2D eigenvalue weighted by atomic mass is 9.84. The summed E-state index contributed by atoms with van der Waals surface area (Å²) >= 11 is 1.54. The fourth-order valence-corrected chi connectivity index (χ4v) is 4.33. The van der Waals surface area contributed by atoms with Crippen LogP contribution in [-0.4, -0.2) is 21.7 Å². The molecular formula is C16H22N2O2S. The Balaban J connectivity index is 1.77. The lowest BCUT2D eigenvalue weighted by Crippen LogP contribution is -2.34. The van der Waals surface area contributed by atoms with Gasteiger partial charge in [0, 0.05) is 17.2 Å². The summed E-state index contributed by atoms with van der Waals surface area (Å²) < 4.78 is 0. The van der Waals surface area contributed by atoms with E-state index in [1.807, 2.05) is 5.38 Å². The Bertz CT molecular complexity index is 579. The van der Waals surface area contributed by atoms with E-state index >= 15 is 0 Å². The topological polar surface area (TPSA) is 50.3 Å². The molecule has 1 aromatic heterocycles. The molecule has 114 valence electrons. The van der Waals surface area contributed by atoms with Gasteiger partial charge in [-0.3, -0.25) is 14.5 Å². The van der Waals surface area contributed by atoms with Crippen LogP contribution in [0.15, 0.2) is 5.38 Å². The van der Waals surface area contributed by atoms with Crippen molar-refractivity contribution in [3.8, 4) is 0 Å². The average molecular weight is 306 g/mol. The van der Waals surface area contributed by atoms with Crippen LogP contribution in [0.5, 0.6) is 0 Å². The fourth-order valence-electron chi connectivity index (χ4n) is 3.33. The number of rotatable bonds is 2. The maximum Gasteiger partial charge on any atom is 0.236 e. The minimum Gasteiger partial charge on any atom is -0.275 e. The molecule has 21 heavy (non-hydrogen) atoms. The van der Waals surface area contributed by atoms with Gasteiger partial charge in [-0.25, -0.2) is 4.98 Å². The van der Waals surface area contributed by atoms with Crippen LogP contribution in [-0.2, 0) is 21.5 Å². The highest BCUT2D eigenvalue weighted by Gasteiger charge is 2.52. The van der Waals surface area contributed by atoms with Gasteiger partial charge in [0.25, 0.3) is 0 Å². The maximum absolute atomic E-state index is 12.6. The van der Waals surface area contributed by atoms with E-state index < -0.39 is 0 Å². The van der Waals surface area contributed by atoms with Gasteiger partial charge in [-0.15, -0.1) is 11.3 Å². The van der Waals surface area contributed by atoms with Crippen LogP contribution in [0.3, 0.4) is 0 Å². The first-order valence-corrected chi connectivity index (χ1v) is 8.49. The zero-order valence-corrected chi connectivity index (χ0v) is 13.8. The van der Waals surface area contributed by atoms with Gasteiger partial charge in [-0.1, -0.05) is 33.6 Å². The van der Waals surface area contributed by atoms with Gasteiger partial charge in [-0.05, 0) is 12.8 Å². The molecule has 0 radical (unpaired) electrons. The van der Waals surface area contributed by atoms with E-state index in [1.54, 1.807) is 11.3 Å². The van der Waals surface area contributed by atoms with Gasteiger partial charge in [0.05, 0.1) is 17.7 Å². The molecule has 1 aliphatic heterocycles. The predicted molar refractivity (Wildman–Crippen MR) is 81.9 cm³/mol. The van der Waals surface area contributed by atoms with Crippen LogP contribution in [0.1, 0.15) is 63.6 Å². The summed E-state index contributed by atoms with van der Waals surface area (Å²) in [6.45, 7) is 6.70. The van der Waals surface area contributed by atoms with Crippen molar-refractivity contribution < 1.29 is 9.59 Å².